The van der Waals surface area contributed by atoms with E-state index in [1.807, 2.05) is 18.2 Å². The molecule has 0 spiro atoms. The number of nitrogens with zero attached hydrogens (tertiary/aromatic N) is 3. The van der Waals surface area contributed by atoms with Crippen LogP contribution in [0, 0.1) is 0 Å². The van der Waals surface area contributed by atoms with Crippen molar-refractivity contribution in [3.63, 3.8) is 0 Å². The number of nitrogens with one attached hydrogen (secondary N) is 1. The van der Waals surface area contributed by atoms with Gasteiger partial charge >= 0.3 is 0 Å². The largest absolute Gasteiger partial charge is 0.311 e. The highest BCUT2D eigenvalue weighted by Gasteiger charge is 2.11. The molecule has 4 nitrogen and oxygen atoms in total. The summed E-state index contributed by atoms with van der Waals surface area (Å²) >= 11 is 0. The summed E-state index contributed by atoms with van der Waals surface area (Å²) in [7, 11) is 0. The zero-order chi connectivity index (χ0) is 16.3. The van der Waals surface area contributed by atoms with E-state index in [1.165, 1.54) is 38.5 Å². The normalized spacial score (nSPS) is 11.0. The molecule has 1 heterocycles. The maximum Gasteiger partial charge on any atom is 0.117 e. The van der Waals surface area contributed by atoms with Gasteiger partial charge in [-0.05, 0) is 19.9 Å². The van der Waals surface area contributed by atoms with Crippen LogP contribution in [-0.2, 0) is 13.1 Å². The molecule has 126 valence electrons. The summed E-state index contributed by atoms with van der Waals surface area (Å²) in [6, 6.07) is 10.3. The second kappa shape index (κ2) is 10.2. The summed E-state index contributed by atoms with van der Waals surface area (Å²) in [5.41, 5.74) is 3.19. The van der Waals surface area contributed by atoms with E-state index in [4.69, 9.17) is 0 Å². The Balaban J connectivity index is 1.82. The maximum atomic E-state index is 4.61. The first-order valence-electron chi connectivity index (χ1n) is 9.05. The lowest BCUT2D eigenvalue weighted by atomic mass is 10.1. The van der Waals surface area contributed by atoms with Crippen LogP contribution in [0.25, 0.3) is 11.3 Å². The average molecular weight is 314 g/mol. The lowest BCUT2D eigenvalue weighted by Gasteiger charge is -2.04. The van der Waals surface area contributed by atoms with E-state index in [-0.39, 0.29) is 0 Å². The van der Waals surface area contributed by atoms with Gasteiger partial charge < -0.3 is 5.32 Å². The van der Waals surface area contributed by atoms with Crippen LogP contribution in [0.1, 0.15) is 58.1 Å². The molecule has 0 aliphatic rings. The Morgan fingerprint density at radius 2 is 1.65 bits per heavy atom. The van der Waals surface area contributed by atoms with Crippen molar-refractivity contribution in [2.45, 2.75) is 65.5 Å². The van der Waals surface area contributed by atoms with Crippen LogP contribution in [0.5, 0.6) is 0 Å². The number of rotatable bonds is 11. The Bertz CT molecular complexity index is 548. The minimum absolute atomic E-state index is 0.791. The SMILES string of the molecule is CCCCCCCCNCc1nn(CC)nc1-c1ccccc1. The smallest absolute Gasteiger partial charge is 0.117 e. The molecular formula is C19H30N4. The van der Waals surface area contributed by atoms with Crippen LogP contribution < -0.4 is 5.32 Å². The molecule has 0 saturated heterocycles. The quantitative estimate of drug-likeness (QED) is 0.625. The minimum Gasteiger partial charge on any atom is -0.311 e. The summed E-state index contributed by atoms with van der Waals surface area (Å²) in [4.78, 5) is 1.78. The lowest BCUT2D eigenvalue weighted by Crippen LogP contribution is -2.15. The highest BCUT2D eigenvalue weighted by molar-refractivity contribution is 5.60. The Labute approximate surface area is 140 Å². The van der Waals surface area contributed by atoms with Crippen LogP contribution in [0.2, 0.25) is 0 Å². The lowest BCUT2D eigenvalue weighted by molar-refractivity contribution is 0.547. The molecule has 0 radical (unpaired) electrons. The van der Waals surface area contributed by atoms with Gasteiger partial charge in [0, 0.05) is 12.1 Å². The van der Waals surface area contributed by atoms with E-state index in [0.717, 1.165) is 36.6 Å². The molecule has 2 rings (SSSR count). The monoisotopic (exact) mass is 314 g/mol. The van der Waals surface area contributed by atoms with Crippen molar-refractivity contribution in [1.82, 2.24) is 20.3 Å². The van der Waals surface area contributed by atoms with E-state index in [9.17, 15) is 0 Å². The number of aryl methyl sites for hydroxylation is 1. The average Bonchev–Trinajstić information content (AvgIpc) is 3.01. The molecular weight excluding hydrogens is 284 g/mol. The van der Waals surface area contributed by atoms with Crippen molar-refractivity contribution in [2.24, 2.45) is 0 Å². The third kappa shape index (κ3) is 5.79. The van der Waals surface area contributed by atoms with Gasteiger partial charge in [0.2, 0.25) is 0 Å². The van der Waals surface area contributed by atoms with Crippen LogP contribution in [0.4, 0.5) is 0 Å². The first-order chi connectivity index (χ1) is 11.3. The number of hydrogen-bond acceptors (Lipinski definition) is 3. The highest BCUT2D eigenvalue weighted by atomic mass is 15.5. The van der Waals surface area contributed by atoms with Crippen LogP contribution in [0.15, 0.2) is 30.3 Å². The molecule has 23 heavy (non-hydrogen) atoms. The molecule has 0 amide bonds. The third-order valence-electron chi connectivity index (χ3n) is 4.05. The summed E-state index contributed by atoms with van der Waals surface area (Å²) in [6.45, 7) is 6.98. The molecule has 1 aromatic heterocycles. The molecule has 2 aromatic rings. The Morgan fingerprint density at radius 1 is 0.913 bits per heavy atom. The molecule has 0 atom stereocenters. The second-order valence-corrected chi connectivity index (χ2v) is 5.99. The summed E-state index contributed by atoms with van der Waals surface area (Å²) < 4.78 is 0. The molecule has 0 fully saturated rings. The van der Waals surface area contributed by atoms with Gasteiger partial charge in [-0.15, -0.1) is 0 Å². The topological polar surface area (TPSA) is 42.7 Å². The van der Waals surface area contributed by atoms with Gasteiger partial charge in [0.1, 0.15) is 11.4 Å². The first-order valence-corrected chi connectivity index (χ1v) is 9.05. The number of aromatic nitrogens is 3. The molecule has 0 aliphatic heterocycles. The van der Waals surface area contributed by atoms with Crippen molar-refractivity contribution in [1.29, 1.82) is 0 Å². The van der Waals surface area contributed by atoms with Crippen LogP contribution in [-0.4, -0.2) is 21.5 Å². The molecule has 0 aliphatic carbocycles. The van der Waals surface area contributed by atoms with E-state index in [1.54, 1.807) is 4.80 Å². The number of benzene rings is 1. The second-order valence-electron chi connectivity index (χ2n) is 5.99. The Hall–Kier alpha value is -1.68. The molecule has 1 N–H and O–H groups in total. The predicted octanol–water partition coefficient (Wildman–Crippen LogP) is 4.42. The molecule has 0 unspecified atom stereocenters. The third-order valence-corrected chi connectivity index (χ3v) is 4.05. The van der Waals surface area contributed by atoms with E-state index in [2.05, 4.69) is 41.5 Å². The van der Waals surface area contributed by atoms with Crippen molar-refractivity contribution >= 4 is 0 Å². The zero-order valence-electron chi connectivity index (χ0n) is 14.6. The van der Waals surface area contributed by atoms with E-state index < -0.39 is 0 Å². The van der Waals surface area contributed by atoms with Gasteiger partial charge in [-0.3, -0.25) is 0 Å². The maximum absolute atomic E-state index is 4.61. The van der Waals surface area contributed by atoms with Gasteiger partial charge in [-0.1, -0.05) is 69.4 Å². The van der Waals surface area contributed by atoms with Gasteiger partial charge in [0.05, 0.1) is 6.54 Å². The van der Waals surface area contributed by atoms with E-state index in [0.29, 0.717) is 0 Å². The van der Waals surface area contributed by atoms with Crippen molar-refractivity contribution in [3.8, 4) is 11.3 Å². The molecule has 4 heteroatoms. The Kier molecular flexibility index (Phi) is 7.81. The zero-order valence-corrected chi connectivity index (χ0v) is 14.6. The van der Waals surface area contributed by atoms with Crippen LogP contribution >= 0.6 is 0 Å². The summed E-state index contributed by atoms with van der Waals surface area (Å²) in [5, 5.41) is 12.7. The van der Waals surface area contributed by atoms with Crippen molar-refractivity contribution < 1.29 is 0 Å². The van der Waals surface area contributed by atoms with Crippen molar-refractivity contribution in [3.05, 3.63) is 36.0 Å². The van der Waals surface area contributed by atoms with Crippen LogP contribution in [0.3, 0.4) is 0 Å². The van der Waals surface area contributed by atoms with E-state index >= 15 is 0 Å². The summed E-state index contributed by atoms with van der Waals surface area (Å²) in [5.74, 6) is 0. The fourth-order valence-corrected chi connectivity index (χ4v) is 2.70. The van der Waals surface area contributed by atoms with Crippen molar-refractivity contribution in [2.75, 3.05) is 6.54 Å². The molecule has 0 bridgehead atoms. The standard InChI is InChI=1S/C19H30N4/c1-3-5-6-7-8-12-15-20-16-18-19(22-23(4-2)21-18)17-13-10-9-11-14-17/h9-11,13-14,20H,3-8,12,15-16H2,1-2H3. The predicted molar refractivity (Wildman–Crippen MR) is 96.2 cm³/mol. The molecule has 1 aromatic carbocycles. The van der Waals surface area contributed by atoms with Gasteiger partial charge in [-0.25, -0.2) is 0 Å². The van der Waals surface area contributed by atoms with Gasteiger partial charge in [0.25, 0.3) is 0 Å². The highest BCUT2D eigenvalue weighted by Crippen LogP contribution is 2.19. The number of unbranched alkanes of at least 4 members (excludes halogenated alkanes) is 5. The minimum atomic E-state index is 0.791. The van der Waals surface area contributed by atoms with Gasteiger partial charge in [0.15, 0.2) is 0 Å². The van der Waals surface area contributed by atoms with Gasteiger partial charge in [-0.2, -0.15) is 15.0 Å². The Morgan fingerprint density at radius 3 is 2.39 bits per heavy atom. The fourth-order valence-electron chi connectivity index (χ4n) is 2.70. The number of hydrogen-bond donors (Lipinski definition) is 1. The first kappa shape index (κ1) is 17.7. The fraction of sp³-hybridized carbons (Fsp3) is 0.579. The molecule has 0 saturated carbocycles. The summed E-state index contributed by atoms with van der Waals surface area (Å²) in [6.07, 6.45) is 7.98.